The van der Waals surface area contributed by atoms with Gasteiger partial charge >= 0.3 is 0 Å². The Labute approximate surface area is 119 Å². The number of fused-ring (bicyclic) bond motifs is 2. The van der Waals surface area contributed by atoms with Gasteiger partial charge in [-0.15, -0.1) is 0 Å². The first-order valence-corrected chi connectivity index (χ1v) is 7.29. The molecule has 3 rings (SSSR count). The summed E-state index contributed by atoms with van der Waals surface area (Å²) in [6.07, 6.45) is 3.77. The van der Waals surface area contributed by atoms with E-state index < -0.39 is 0 Å². The topological polar surface area (TPSA) is 49.8 Å². The highest BCUT2D eigenvalue weighted by atomic mass is 16.5. The van der Waals surface area contributed by atoms with Crippen molar-refractivity contribution >= 4 is 5.91 Å². The normalized spacial score (nSPS) is 28.5. The molecule has 0 aliphatic carbocycles. The maximum Gasteiger partial charge on any atom is 0.227 e. The van der Waals surface area contributed by atoms with E-state index in [2.05, 4.69) is 0 Å². The molecule has 2 fully saturated rings. The summed E-state index contributed by atoms with van der Waals surface area (Å²) >= 11 is 0. The van der Waals surface area contributed by atoms with Crippen molar-refractivity contribution in [2.75, 3.05) is 7.11 Å². The number of aliphatic hydroxyl groups is 1. The minimum atomic E-state index is -0.225. The first kappa shape index (κ1) is 13.4. The van der Waals surface area contributed by atoms with E-state index >= 15 is 0 Å². The summed E-state index contributed by atoms with van der Waals surface area (Å²) < 4.78 is 5.12. The molecule has 4 heteroatoms. The Kier molecular flexibility index (Phi) is 3.66. The van der Waals surface area contributed by atoms with Crippen molar-refractivity contribution in [2.45, 2.75) is 50.3 Å². The number of carbonyl (C=O) groups excluding carboxylic acids is 1. The number of nitrogens with zero attached hydrogens (tertiary/aromatic N) is 1. The van der Waals surface area contributed by atoms with Crippen molar-refractivity contribution in [3.05, 3.63) is 29.8 Å². The lowest BCUT2D eigenvalue weighted by molar-refractivity contribution is -0.136. The molecule has 0 spiro atoms. The largest absolute Gasteiger partial charge is 0.497 e. The van der Waals surface area contributed by atoms with Gasteiger partial charge < -0.3 is 14.7 Å². The molecule has 1 aromatic carbocycles. The number of carbonyl (C=O) groups is 1. The number of amides is 1. The molecule has 2 unspecified atom stereocenters. The van der Waals surface area contributed by atoms with E-state index in [-0.39, 0.29) is 24.1 Å². The van der Waals surface area contributed by atoms with Crippen molar-refractivity contribution in [3.63, 3.8) is 0 Å². The molecule has 2 bridgehead atoms. The molecule has 2 aliphatic heterocycles. The molecule has 0 radical (unpaired) electrons. The number of aliphatic hydroxyl groups excluding tert-OH is 1. The zero-order valence-corrected chi connectivity index (χ0v) is 11.8. The summed E-state index contributed by atoms with van der Waals surface area (Å²) in [5, 5.41) is 9.79. The maximum atomic E-state index is 12.5. The lowest BCUT2D eigenvalue weighted by atomic mass is 9.99. The van der Waals surface area contributed by atoms with E-state index in [0.29, 0.717) is 6.42 Å². The van der Waals surface area contributed by atoms with Crippen molar-refractivity contribution < 1.29 is 14.6 Å². The van der Waals surface area contributed by atoms with Crippen LogP contribution in [0.3, 0.4) is 0 Å². The highest BCUT2D eigenvalue weighted by molar-refractivity contribution is 5.80. The highest BCUT2D eigenvalue weighted by Gasteiger charge is 2.42. The fourth-order valence-electron chi connectivity index (χ4n) is 3.56. The number of ether oxygens (including phenoxy) is 1. The Balaban J connectivity index is 1.67. The first-order valence-electron chi connectivity index (χ1n) is 7.29. The quantitative estimate of drug-likeness (QED) is 0.914. The van der Waals surface area contributed by atoms with E-state index in [9.17, 15) is 9.90 Å². The van der Waals surface area contributed by atoms with Gasteiger partial charge in [0.15, 0.2) is 0 Å². The zero-order valence-electron chi connectivity index (χ0n) is 11.8. The van der Waals surface area contributed by atoms with Gasteiger partial charge in [0.1, 0.15) is 5.75 Å². The van der Waals surface area contributed by atoms with Gasteiger partial charge in [0.25, 0.3) is 0 Å². The smallest absolute Gasteiger partial charge is 0.227 e. The number of hydrogen-bond donors (Lipinski definition) is 1. The Morgan fingerprint density at radius 1 is 1.25 bits per heavy atom. The Morgan fingerprint density at radius 3 is 2.40 bits per heavy atom. The van der Waals surface area contributed by atoms with Crippen LogP contribution in [0.2, 0.25) is 0 Å². The van der Waals surface area contributed by atoms with Gasteiger partial charge in [-0.3, -0.25) is 4.79 Å². The predicted octanol–water partition coefficient (Wildman–Crippen LogP) is 1.75. The van der Waals surface area contributed by atoms with Crippen LogP contribution in [0.5, 0.6) is 5.75 Å². The van der Waals surface area contributed by atoms with Crippen LogP contribution in [0.4, 0.5) is 0 Å². The minimum absolute atomic E-state index is 0.189. The molecule has 0 saturated carbocycles. The van der Waals surface area contributed by atoms with Crippen molar-refractivity contribution in [1.29, 1.82) is 0 Å². The molecule has 4 nitrogen and oxygen atoms in total. The van der Waals surface area contributed by atoms with Gasteiger partial charge in [-0.2, -0.15) is 0 Å². The molecule has 2 heterocycles. The van der Waals surface area contributed by atoms with Gasteiger partial charge in [0.05, 0.1) is 19.6 Å². The number of methoxy groups -OCH3 is 1. The lowest BCUT2D eigenvalue weighted by Gasteiger charge is -2.37. The second kappa shape index (κ2) is 5.44. The molecule has 1 N–H and O–H groups in total. The van der Waals surface area contributed by atoms with Crippen LogP contribution >= 0.6 is 0 Å². The van der Waals surface area contributed by atoms with Crippen LogP contribution < -0.4 is 4.74 Å². The Morgan fingerprint density at radius 2 is 1.85 bits per heavy atom. The van der Waals surface area contributed by atoms with Crippen LogP contribution in [0.1, 0.15) is 31.2 Å². The summed E-state index contributed by atoms with van der Waals surface area (Å²) in [6.45, 7) is 0. The molecular weight excluding hydrogens is 254 g/mol. The minimum Gasteiger partial charge on any atom is -0.497 e. The van der Waals surface area contributed by atoms with Gasteiger partial charge in [-0.25, -0.2) is 0 Å². The molecule has 0 aromatic heterocycles. The third kappa shape index (κ3) is 2.52. The summed E-state index contributed by atoms with van der Waals surface area (Å²) in [7, 11) is 1.64. The van der Waals surface area contributed by atoms with Crippen LogP contribution in [0, 0.1) is 0 Å². The predicted molar refractivity (Wildman–Crippen MR) is 75.6 cm³/mol. The maximum absolute atomic E-state index is 12.5. The zero-order chi connectivity index (χ0) is 14.1. The van der Waals surface area contributed by atoms with Crippen LogP contribution in [0.25, 0.3) is 0 Å². The second-order valence-electron chi connectivity index (χ2n) is 5.84. The molecule has 20 heavy (non-hydrogen) atoms. The summed E-state index contributed by atoms with van der Waals surface area (Å²) in [5.74, 6) is 0.997. The molecular formula is C16H21NO3. The van der Waals surface area contributed by atoms with Gasteiger partial charge in [-0.1, -0.05) is 12.1 Å². The molecule has 2 saturated heterocycles. The molecule has 1 amide bonds. The van der Waals surface area contributed by atoms with Gasteiger partial charge in [0.2, 0.25) is 5.91 Å². The van der Waals surface area contributed by atoms with E-state index in [0.717, 1.165) is 37.0 Å². The highest BCUT2D eigenvalue weighted by Crippen LogP contribution is 2.36. The van der Waals surface area contributed by atoms with E-state index in [1.165, 1.54) is 0 Å². The third-order valence-corrected chi connectivity index (χ3v) is 4.51. The number of rotatable bonds is 3. The fourth-order valence-corrected chi connectivity index (χ4v) is 3.56. The summed E-state index contributed by atoms with van der Waals surface area (Å²) in [5.41, 5.74) is 1.02. The van der Waals surface area contributed by atoms with Crippen molar-refractivity contribution in [2.24, 2.45) is 0 Å². The summed E-state index contributed by atoms with van der Waals surface area (Å²) in [4.78, 5) is 14.5. The molecule has 108 valence electrons. The average molecular weight is 275 g/mol. The van der Waals surface area contributed by atoms with E-state index in [1.807, 2.05) is 29.2 Å². The van der Waals surface area contributed by atoms with E-state index in [1.54, 1.807) is 7.11 Å². The van der Waals surface area contributed by atoms with Crippen molar-refractivity contribution in [3.8, 4) is 5.75 Å². The number of benzene rings is 1. The van der Waals surface area contributed by atoms with Gasteiger partial charge in [0, 0.05) is 12.1 Å². The summed E-state index contributed by atoms with van der Waals surface area (Å²) in [6, 6.07) is 8.15. The first-order chi connectivity index (χ1) is 9.67. The Hall–Kier alpha value is -1.55. The van der Waals surface area contributed by atoms with Gasteiger partial charge in [-0.05, 0) is 43.4 Å². The number of piperidine rings is 1. The average Bonchev–Trinajstić information content (AvgIpc) is 2.72. The third-order valence-electron chi connectivity index (χ3n) is 4.51. The van der Waals surface area contributed by atoms with Crippen molar-refractivity contribution in [1.82, 2.24) is 4.90 Å². The second-order valence-corrected chi connectivity index (χ2v) is 5.84. The Bertz CT molecular complexity index is 471. The lowest BCUT2D eigenvalue weighted by Crippen LogP contribution is -2.48. The standard InChI is InChI=1S/C16H21NO3/c1-20-15-6-2-11(3-7-15)8-16(19)17-12-4-5-13(17)10-14(18)9-12/h2-3,6-7,12-14,18H,4-5,8-10H2,1H3. The number of hydrogen-bond acceptors (Lipinski definition) is 3. The van der Waals surface area contributed by atoms with Crippen LogP contribution in [-0.4, -0.2) is 41.2 Å². The monoisotopic (exact) mass is 275 g/mol. The molecule has 2 aliphatic rings. The fraction of sp³-hybridized carbons (Fsp3) is 0.562. The molecule has 2 atom stereocenters. The van der Waals surface area contributed by atoms with E-state index in [4.69, 9.17) is 4.74 Å². The SMILES string of the molecule is COc1ccc(CC(=O)N2C3CCC2CC(O)C3)cc1. The van der Waals surface area contributed by atoms with Crippen LogP contribution in [0.15, 0.2) is 24.3 Å². The molecule has 1 aromatic rings. The van der Waals surface area contributed by atoms with Crippen LogP contribution in [-0.2, 0) is 11.2 Å².